The van der Waals surface area contributed by atoms with Gasteiger partial charge in [-0.3, -0.25) is 0 Å². The van der Waals surface area contributed by atoms with Gasteiger partial charge < -0.3 is 4.90 Å². The lowest BCUT2D eigenvalue weighted by molar-refractivity contribution is 0.499. The van der Waals surface area contributed by atoms with E-state index in [0.717, 1.165) is 31.7 Å². The zero-order chi connectivity index (χ0) is 15.8. The smallest absolute Gasteiger partial charge is 0.200 e. The van der Waals surface area contributed by atoms with Crippen molar-refractivity contribution in [3.8, 4) is 0 Å². The zero-order valence-corrected chi connectivity index (χ0v) is 14.4. The molecule has 3 heterocycles. The minimum Gasteiger partial charge on any atom is -0.355 e. The van der Waals surface area contributed by atoms with E-state index in [2.05, 4.69) is 66.6 Å². The number of nitrogens with zero attached hydrogens (tertiary/aromatic N) is 6. The summed E-state index contributed by atoms with van der Waals surface area (Å²) < 4.78 is 2.66. The van der Waals surface area contributed by atoms with E-state index in [4.69, 9.17) is 0 Å². The monoisotopic (exact) mass is 372 g/mol. The Hall–Kier alpha value is -2.02. The first kappa shape index (κ1) is 14.6. The molecule has 6 nitrogen and oxygen atoms in total. The number of halogens is 1. The van der Waals surface area contributed by atoms with Crippen LogP contribution in [0.3, 0.4) is 0 Å². The number of tetrazole rings is 1. The molecule has 0 bridgehead atoms. The van der Waals surface area contributed by atoms with Gasteiger partial charge in [0.25, 0.3) is 0 Å². The lowest BCUT2D eigenvalue weighted by Gasteiger charge is -2.33. The predicted octanol–water partition coefficient (Wildman–Crippen LogP) is 2.97. The van der Waals surface area contributed by atoms with E-state index in [1.165, 1.54) is 20.2 Å². The molecule has 7 heteroatoms. The maximum atomic E-state index is 4.48. The average molecular weight is 373 g/mol. The molecule has 3 aromatic rings. The maximum Gasteiger partial charge on any atom is 0.200 e. The number of aryl methyl sites for hydroxylation is 1. The molecule has 23 heavy (non-hydrogen) atoms. The van der Waals surface area contributed by atoms with Gasteiger partial charge in [0, 0.05) is 17.6 Å². The Balaban J connectivity index is 1.48. The fourth-order valence-electron chi connectivity index (χ4n) is 3.17. The van der Waals surface area contributed by atoms with Gasteiger partial charge in [0.2, 0.25) is 0 Å². The van der Waals surface area contributed by atoms with E-state index in [1.54, 1.807) is 0 Å². The SMILES string of the molecule is Cc1cc(C2CCN(c3ccc4nnnn4n3)CC2)ccc1Br. The van der Waals surface area contributed by atoms with Gasteiger partial charge in [-0.1, -0.05) is 28.1 Å². The molecule has 0 spiro atoms. The Morgan fingerprint density at radius 2 is 1.96 bits per heavy atom. The lowest BCUT2D eigenvalue weighted by Crippen LogP contribution is -2.33. The molecule has 2 aromatic heterocycles. The van der Waals surface area contributed by atoms with Gasteiger partial charge in [-0.2, -0.15) is 0 Å². The summed E-state index contributed by atoms with van der Waals surface area (Å²) in [6, 6.07) is 10.6. The van der Waals surface area contributed by atoms with Crippen molar-refractivity contribution in [2.75, 3.05) is 18.0 Å². The Morgan fingerprint density at radius 1 is 1.13 bits per heavy atom. The van der Waals surface area contributed by atoms with Gasteiger partial charge in [-0.15, -0.1) is 14.8 Å². The van der Waals surface area contributed by atoms with E-state index in [9.17, 15) is 0 Å². The summed E-state index contributed by atoms with van der Waals surface area (Å²) in [5.41, 5.74) is 3.42. The predicted molar refractivity (Wildman–Crippen MR) is 91.6 cm³/mol. The molecule has 0 amide bonds. The van der Waals surface area contributed by atoms with Crippen molar-refractivity contribution in [3.63, 3.8) is 0 Å². The van der Waals surface area contributed by atoms with Crippen molar-refractivity contribution in [2.45, 2.75) is 25.7 Å². The van der Waals surface area contributed by atoms with E-state index in [-0.39, 0.29) is 0 Å². The minimum absolute atomic E-state index is 0.620. The van der Waals surface area contributed by atoms with Crippen LogP contribution in [0.15, 0.2) is 34.8 Å². The number of rotatable bonds is 2. The molecule has 1 aliphatic rings. The molecule has 0 atom stereocenters. The molecule has 0 saturated carbocycles. The minimum atomic E-state index is 0.620. The average Bonchev–Trinajstić information content (AvgIpc) is 3.05. The van der Waals surface area contributed by atoms with Gasteiger partial charge in [-0.05, 0) is 65.4 Å². The zero-order valence-electron chi connectivity index (χ0n) is 12.9. The molecule has 0 aliphatic carbocycles. The third-order valence-electron chi connectivity index (χ3n) is 4.53. The molecule has 0 unspecified atom stereocenters. The number of fused-ring (bicyclic) bond motifs is 1. The summed E-state index contributed by atoms with van der Waals surface area (Å²) in [6.45, 7) is 4.15. The van der Waals surface area contributed by atoms with Gasteiger partial charge >= 0.3 is 0 Å². The molecule has 1 fully saturated rings. The fraction of sp³-hybridized carbons (Fsp3) is 0.375. The summed E-state index contributed by atoms with van der Waals surface area (Å²) in [6.07, 6.45) is 2.27. The topological polar surface area (TPSA) is 59.2 Å². The van der Waals surface area contributed by atoms with Gasteiger partial charge in [0.05, 0.1) is 0 Å². The van der Waals surface area contributed by atoms with Crippen LogP contribution in [0.2, 0.25) is 0 Å². The second-order valence-corrected chi connectivity index (χ2v) is 6.84. The molecule has 118 valence electrons. The summed E-state index contributed by atoms with van der Waals surface area (Å²) in [7, 11) is 0. The molecule has 1 aromatic carbocycles. The second-order valence-electron chi connectivity index (χ2n) is 5.99. The van der Waals surface area contributed by atoms with Crippen molar-refractivity contribution in [3.05, 3.63) is 45.9 Å². The van der Waals surface area contributed by atoms with Crippen molar-refractivity contribution in [1.29, 1.82) is 0 Å². The Morgan fingerprint density at radius 3 is 2.74 bits per heavy atom. The molecule has 1 saturated heterocycles. The number of piperidine rings is 1. The van der Waals surface area contributed by atoms with Crippen LogP contribution in [0.5, 0.6) is 0 Å². The van der Waals surface area contributed by atoms with E-state index < -0.39 is 0 Å². The summed E-state index contributed by atoms with van der Waals surface area (Å²) in [5, 5.41) is 15.9. The van der Waals surface area contributed by atoms with E-state index >= 15 is 0 Å². The Labute approximate surface area is 142 Å². The van der Waals surface area contributed by atoms with Crippen LogP contribution in [-0.2, 0) is 0 Å². The Kier molecular flexibility index (Phi) is 3.72. The first-order valence-corrected chi connectivity index (χ1v) is 8.56. The summed E-state index contributed by atoms with van der Waals surface area (Å²) in [4.78, 5) is 2.31. The third kappa shape index (κ3) is 2.81. The first-order chi connectivity index (χ1) is 11.2. The molecule has 0 radical (unpaired) electrons. The van der Waals surface area contributed by atoms with Crippen molar-refractivity contribution < 1.29 is 0 Å². The number of hydrogen-bond donors (Lipinski definition) is 0. The number of benzene rings is 1. The van der Waals surface area contributed by atoms with Crippen LogP contribution in [0.1, 0.15) is 29.9 Å². The van der Waals surface area contributed by atoms with E-state index in [0.29, 0.717) is 11.6 Å². The lowest BCUT2D eigenvalue weighted by atomic mass is 9.89. The van der Waals surface area contributed by atoms with Crippen molar-refractivity contribution >= 4 is 27.4 Å². The molecule has 0 N–H and O–H groups in total. The van der Waals surface area contributed by atoms with Crippen LogP contribution >= 0.6 is 15.9 Å². The van der Waals surface area contributed by atoms with Crippen LogP contribution in [0.25, 0.3) is 5.65 Å². The molecule has 4 rings (SSSR count). The largest absolute Gasteiger partial charge is 0.355 e. The molecular weight excluding hydrogens is 356 g/mol. The highest BCUT2D eigenvalue weighted by atomic mass is 79.9. The molecule has 1 aliphatic heterocycles. The van der Waals surface area contributed by atoms with Crippen molar-refractivity contribution in [2.24, 2.45) is 0 Å². The van der Waals surface area contributed by atoms with E-state index in [1.807, 2.05) is 12.1 Å². The number of aromatic nitrogens is 5. The maximum absolute atomic E-state index is 4.48. The first-order valence-electron chi connectivity index (χ1n) is 7.77. The second kappa shape index (κ2) is 5.88. The van der Waals surface area contributed by atoms with Crippen LogP contribution in [0.4, 0.5) is 5.82 Å². The van der Waals surface area contributed by atoms with Crippen LogP contribution in [-0.4, -0.2) is 38.3 Å². The normalized spacial score (nSPS) is 16.2. The highest BCUT2D eigenvalue weighted by Gasteiger charge is 2.22. The van der Waals surface area contributed by atoms with Gasteiger partial charge in [0.1, 0.15) is 0 Å². The highest BCUT2D eigenvalue weighted by Crippen LogP contribution is 2.31. The Bertz CT molecular complexity index is 837. The van der Waals surface area contributed by atoms with Crippen LogP contribution in [0, 0.1) is 6.92 Å². The highest BCUT2D eigenvalue weighted by molar-refractivity contribution is 9.10. The van der Waals surface area contributed by atoms with Gasteiger partial charge in [-0.25, -0.2) is 0 Å². The summed E-state index contributed by atoms with van der Waals surface area (Å²) >= 11 is 3.57. The van der Waals surface area contributed by atoms with Crippen molar-refractivity contribution in [1.82, 2.24) is 25.3 Å². The fourth-order valence-corrected chi connectivity index (χ4v) is 3.42. The third-order valence-corrected chi connectivity index (χ3v) is 5.42. The number of anilines is 1. The van der Waals surface area contributed by atoms with Gasteiger partial charge in [0.15, 0.2) is 11.5 Å². The molecular formula is C16H17BrN6. The standard InChI is InChI=1S/C16H17BrN6/c1-11-10-13(2-3-14(11)17)12-6-8-22(9-7-12)16-5-4-15-18-20-21-23(15)19-16/h2-5,10,12H,6-9H2,1H3. The quantitative estimate of drug-likeness (QED) is 0.691. The summed E-state index contributed by atoms with van der Waals surface area (Å²) in [5.74, 6) is 1.56. The number of hydrogen-bond acceptors (Lipinski definition) is 5. The van der Waals surface area contributed by atoms with Crippen LogP contribution < -0.4 is 4.90 Å².